The van der Waals surface area contributed by atoms with Gasteiger partial charge in [0, 0.05) is 20.1 Å². The van der Waals surface area contributed by atoms with E-state index < -0.39 is 11.6 Å². The van der Waals surface area contributed by atoms with Crippen LogP contribution in [0.25, 0.3) is 0 Å². The summed E-state index contributed by atoms with van der Waals surface area (Å²) >= 11 is 0. The highest BCUT2D eigenvalue weighted by Crippen LogP contribution is 2.28. The van der Waals surface area contributed by atoms with Crippen molar-refractivity contribution >= 4 is 11.6 Å². The maximum atomic E-state index is 12.3. The molecule has 1 saturated heterocycles. The van der Waals surface area contributed by atoms with Crippen LogP contribution < -0.4 is 4.90 Å². The van der Waals surface area contributed by atoms with Gasteiger partial charge in [-0.05, 0) is 32.4 Å². The molecule has 20 heavy (non-hydrogen) atoms. The third-order valence-electron chi connectivity index (χ3n) is 4.01. The topological polar surface area (TPSA) is 56.7 Å². The number of nitrogens with zero attached hydrogens (tertiary/aromatic N) is 3. The van der Waals surface area contributed by atoms with Crippen LogP contribution in [0.3, 0.4) is 0 Å². The van der Waals surface area contributed by atoms with Crippen LogP contribution in [0.5, 0.6) is 0 Å². The Balaban J connectivity index is 2.25. The van der Waals surface area contributed by atoms with E-state index in [-0.39, 0.29) is 5.91 Å². The minimum absolute atomic E-state index is 0.112. The van der Waals surface area contributed by atoms with Crippen molar-refractivity contribution < 1.29 is 9.90 Å². The molecule has 1 aromatic heterocycles. The van der Waals surface area contributed by atoms with Crippen molar-refractivity contribution in [2.75, 3.05) is 25.0 Å². The van der Waals surface area contributed by atoms with Gasteiger partial charge in [0.05, 0.1) is 23.7 Å². The maximum absolute atomic E-state index is 12.3. The first-order valence-electron chi connectivity index (χ1n) is 7.05. The van der Waals surface area contributed by atoms with E-state index >= 15 is 0 Å². The van der Waals surface area contributed by atoms with Crippen molar-refractivity contribution in [3.8, 4) is 0 Å². The van der Waals surface area contributed by atoms with Gasteiger partial charge >= 0.3 is 0 Å². The molecule has 0 radical (unpaired) electrons. The van der Waals surface area contributed by atoms with Crippen molar-refractivity contribution in [2.24, 2.45) is 0 Å². The number of likely N-dealkylation sites (N-methyl/N-ethyl adjacent to an activating group) is 1. The first-order valence-corrected chi connectivity index (χ1v) is 7.05. The van der Waals surface area contributed by atoms with Crippen LogP contribution in [0.1, 0.15) is 39.0 Å². The molecule has 1 fully saturated rings. The quantitative estimate of drug-likeness (QED) is 0.911. The number of hydrogen-bond donors (Lipinski definition) is 1. The second kappa shape index (κ2) is 5.40. The van der Waals surface area contributed by atoms with Crippen molar-refractivity contribution in [2.45, 2.75) is 38.8 Å². The maximum Gasteiger partial charge on any atom is 0.247 e. The van der Waals surface area contributed by atoms with Crippen LogP contribution in [-0.2, 0) is 4.79 Å². The molecule has 1 N–H and O–H groups in total. The van der Waals surface area contributed by atoms with Crippen LogP contribution >= 0.6 is 0 Å². The van der Waals surface area contributed by atoms with E-state index in [1.165, 1.54) is 0 Å². The average Bonchev–Trinajstić information content (AvgIpc) is 2.44. The predicted octanol–water partition coefficient (Wildman–Crippen LogP) is 1.58. The Kier molecular flexibility index (Phi) is 3.99. The number of amides is 1. The van der Waals surface area contributed by atoms with Gasteiger partial charge in [0.25, 0.3) is 0 Å². The lowest BCUT2D eigenvalue weighted by Gasteiger charge is -2.46. The molecule has 1 aromatic rings. The van der Waals surface area contributed by atoms with Crippen molar-refractivity contribution in [3.63, 3.8) is 0 Å². The van der Waals surface area contributed by atoms with E-state index in [0.29, 0.717) is 18.7 Å². The van der Waals surface area contributed by atoms with E-state index in [2.05, 4.69) is 9.88 Å². The lowest BCUT2D eigenvalue weighted by atomic mass is 9.97. The summed E-state index contributed by atoms with van der Waals surface area (Å²) in [6.07, 6.45) is 1.87. The largest absolute Gasteiger partial charge is 0.387 e. The van der Waals surface area contributed by atoms with Gasteiger partial charge in [-0.25, -0.2) is 0 Å². The summed E-state index contributed by atoms with van der Waals surface area (Å²) in [6, 6.07) is 3.77. The summed E-state index contributed by atoms with van der Waals surface area (Å²) in [5, 5.41) is 9.77. The van der Waals surface area contributed by atoms with Crippen LogP contribution in [0.2, 0.25) is 0 Å². The van der Waals surface area contributed by atoms with Crippen LogP contribution in [0, 0.1) is 0 Å². The molecule has 1 aliphatic rings. The number of pyridine rings is 1. The SMILES string of the molecule is CC[C@@H](O)c1ccc(N2CCN(C)C(=O)C2(C)C)cn1. The molecule has 1 atom stereocenters. The standard InChI is InChI=1S/C15H23N3O2/c1-5-13(19)12-7-6-11(10-16-12)18-9-8-17(4)14(20)15(18,2)3/h6-7,10,13,19H,5,8-9H2,1-4H3/t13-/m1/s1. The summed E-state index contributed by atoms with van der Waals surface area (Å²) in [7, 11) is 1.83. The number of rotatable bonds is 3. The molecule has 5 heteroatoms. The van der Waals surface area contributed by atoms with E-state index in [1.807, 2.05) is 40.0 Å². The second-order valence-corrected chi connectivity index (χ2v) is 5.80. The zero-order valence-electron chi connectivity index (χ0n) is 12.6. The van der Waals surface area contributed by atoms with E-state index in [0.717, 1.165) is 12.2 Å². The van der Waals surface area contributed by atoms with Gasteiger partial charge in [0.1, 0.15) is 5.54 Å². The molecule has 5 nitrogen and oxygen atoms in total. The van der Waals surface area contributed by atoms with Crippen LogP contribution in [0.4, 0.5) is 5.69 Å². The number of aliphatic hydroxyl groups is 1. The number of carbonyl (C=O) groups excluding carboxylic acids is 1. The summed E-state index contributed by atoms with van der Waals surface area (Å²) in [6.45, 7) is 7.27. The normalized spacial score (nSPS) is 20.1. The van der Waals surface area contributed by atoms with Crippen molar-refractivity contribution in [3.05, 3.63) is 24.0 Å². The minimum atomic E-state index is -0.570. The van der Waals surface area contributed by atoms with Crippen molar-refractivity contribution in [1.82, 2.24) is 9.88 Å². The molecule has 1 aliphatic heterocycles. The summed E-state index contributed by atoms with van der Waals surface area (Å²) in [5.41, 5.74) is 1.03. The summed E-state index contributed by atoms with van der Waals surface area (Å²) < 4.78 is 0. The molecule has 0 aromatic carbocycles. The molecule has 2 heterocycles. The van der Waals surface area contributed by atoms with Crippen LogP contribution in [0.15, 0.2) is 18.3 Å². The van der Waals surface area contributed by atoms with Gasteiger partial charge in [-0.15, -0.1) is 0 Å². The van der Waals surface area contributed by atoms with Gasteiger partial charge in [0.15, 0.2) is 0 Å². The Labute approximate surface area is 120 Å². The number of aliphatic hydroxyl groups excluding tert-OH is 1. The number of piperazine rings is 1. The Bertz CT molecular complexity index is 484. The molecule has 0 spiro atoms. The molecule has 0 unspecified atom stereocenters. The highest BCUT2D eigenvalue weighted by Gasteiger charge is 2.40. The molecule has 0 saturated carbocycles. The summed E-state index contributed by atoms with van der Waals surface area (Å²) in [5.74, 6) is 0.112. The van der Waals surface area contributed by atoms with E-state index in [1.54, 1.807) is 11.1 Å². The predicted molar refractivity (Wildman–Crippen MR) is 78.5 cm³/mol. The molecule has 110 valence electrons. The first-order chi connectivity index (χ1) is 9.37. The number of aromatic nitrogens is 1. The van der Waals surface area contributed by atoms with Gasteiger partial charge < -0.3 is 14.9 Å². The zero-order chi connectivity index (χ0) is 14.9. The van der Waals surface area contributed by atoms with Gasteiger partial charge in [-0.2, -0.15) is 0 Å². The highest BCUT2D eigenvalue weighted by molar-refractivity contribution is 5.90. The van der Waals surface area contributed by atoms with Gasteiger partial charge in [-0.3, -0.25) is 9.78 Å². The zero-order valence-corrected chi connectivity index (χ0v) is 12.6. The fraction of sp³-hybridized carbons (Fsp3) is 0.600. The summed E-state index contributed by atoms with van der Waals surface area (Å²) in [4.78, 5) is 20.4. The van der Waals surface area contributed by atoms with Crippen molar-refractivity contribution in [1.29, 1.82) is 0 Å². The monoisotopic (exact) mass is 277 g/mol. The van der Waals surface area contributed by atoms with Gasteiger partial charge in [0.2, 0.25) is 5.91 Å². The fourth-order valence-electron chi connectivity index (χ4n) is 2.63. The van der Waals surface area contributed by atoms with Gasteiger partial charge in [-0.1, -0.05) is 6.92 Å². The molecular formula is C15H23N3O2. The Hall–Kier alpha value is -1.62. The molecular weight excluding hydrogens is 254 g/mol. The Morgan fingerprint density at radius 1 is 1.40 bits per heavy atom. The minimum Gasteiger partial charge on any atom is -0.387 e. The lowest BCUT2D eigenvalue weighted by molar-refractivity contribution is -0.136. The second-order valence-electron chi connectivity index (χ2n) is 5.80. The van der Waals surface area contributed by atoms with Crippen LogP contribution in [-0.4, -0.2) is 46.6 Å². The number of hydrogen-bond acceptors (Lipinski definition) is 4. The first kappa shape index (κ1) is 14.8. The number of carbonyl (C=O) groups is 1. The molecule has 0 aliphatic carbocycles. The lowest BCUT2D eigenvalue weighted by Crippen LogP contribution is -2.62. The number of anilines is 1. The Morgan fingerprint density at radius 2 is 2.10 bits per heavy atom. The third-order valence-corrected chi connectivity index (χ3v) is 4.01. The smallest absolute Gasteiger partial charge is 0.247 e. The third kappa shape index (κ3) is 2.50. The highest BCUT2D eigenvalue weighted by atomic mass is 16.3. The molecule has 2 rings (SSSR count). The average molecular weight is 277 g/mol. The van der Waals surface area contributed by atoms with E-state index in [9.17, 15) is 9.90 Å². The Morgan fingerprint density at radius 3 is 2.65 bits per heavy atom. The fourth-order valence-corrected chi connectivity index (χ4v) is 2.63. The molecule has 0 bridgehead atoms. The van der Waals surface area contributed by atoms with E-state index in [4.69, 9.17) is 0 Å². The molecule has 1 amide bonds.